The Kier molecular flexibility index (Phi) is 8.89. The quantitative estimate of drug-likeness (QED) is 0.298. The van der Waals surface area contributed by atoms with Gasteiger partial charge in [-0.15, -0.1) is 0 Å². The molecule has 0 aliphatic heterocycles. The lowest BCUT2D eigenvalue weighted by Crippen LogP contribution is -2.47. The van der Waals surface area contributed by atoms with Gasteiger partial charge in [-0.1, -0.05) is 29.8 Å². The van der Waals surface area contributed by atoms with Gasteiger partial charge in [-0.3, -0.25) is 9.59 Å². The molecule has 0 bridgehead atoms. The molecule has 178 valence electrons. The maximum absolute atomic E-state index is 13.0. The molecular formula is C23H20ClIN2O6S. The Hall–Kier alpha value is -2.67. The van der Waals surface area contributed by atoms with Crippen molar-refractivity contribution in [2.24, 2.45) is 0 Å². The van der Waals surface area contributed by atoms with Crippen molar-refractivity contribution in [3.8, 4) is 5.75 Å². The molecule has 0 saturated heterocycles. The van der Waals surface area contributed by atoms with Crippen LogP contribution in [0.5, 0.6) is 5.75 Å². The van der Waals surface area contributed by atoms with Crippen LogP contribution in [0.15, 0.2) is 77.7 Å². The number of sulfonamides is 1. The first-order valence-electron chi connectivity index (χ1n) is 9.90. The van der Waals surface area contributed by atoms with Crippen molar-refractivity contribution in [1.82, 2.24) is 4.72 Å². The zero-order valence-electron chi connectivity index (χ0n) is 17.6. The number of carbonyl (C=O) groups excluding carboxylic acids is 1. The smallest absolute Gasteiger partial charge is 0.307 e. The lowest BCUT2D eigenvalue weighted by molar-refractivity contribution is -0.136. The van der Waals surface area contributed by atoms with Crippen LogP contribution in [0.2, 0.25) is 5.02 Å². The number of hydrogen-bond acceptors (Lipinski definition) is 5. The fourth-order valence-corrected chi connectivity index (χ4v) is 4.60. The highest BCUT2D eigenvalue weighted by Crippen LogP contribution is 2.18. The van der Waals surface area contributed by atoms with Gasteiger partial charge >= 0.3 is 5.97 Å². The highest BCUT2D eigenvalue weighted by molar-refractivity contribution is 14.1. The number of nitrogens with one attached hydrogen (secondary N) is 2. The topological polar surface area (TPSA) is 122 Å². The van der Waals surface area contributed by atoms with E-state index in [2.05, 4.69) is 32.6 Å². The molecule has 0 aliphatic carbocycles. The highest BCUT2D eigenvalue weighted by Gasteiger charge is 2.27. The second kappa shape index (κ2) is 11.6. The fraction of sp³-hybridized carbons (Fsp3) is 0.130. The van der Waals surface area contributed by atoms with Crippen molar-refractivity contribution in [2.45, 2.75) is 17.4 Å². The van der Waals surface area contributed by atoms with Crippen LogP contribution in [0.25, 0.3) is 0 Å². The Labute approximate surface area is 215 Å². The summed E-state index contributed by atoms with van der Waals surface area (Å²) in [4.78, 5) is 23.8. The molecule has 0 radical (unpaired) electrons. The fourth-order valence-electron chi connectivity index (χ4n) is 2.88. The second-order valence-corrected chi connectivity index (χ2v) is 10.5. The maximum Gasteiger partial charge on any atom is 0.307 e. The number of rotatable bonds is 10. The van der Waals surface area contributed by atoms with E-state index in [9.17, 15) is 18.0 Å². The Morgan fingerprint density at radius 3 is 2.32 bits per heavy atom. The first-order valence-corrected chi connectivity index (χ1v) is 12.8. The van der Waals surface area contributed by atoms with Crippen LogP contribution >= 0.6 is 34.2 Å². The van der Waals surface area contributed by atoms with E-state index in [1.165, 1.54) is 12.1 Å². The molecule has 0 unspecified atom stereocenters. The number of carboxylic acid groups (broad SMARTS) is 1. The molecule has 0 saturated carbocycles. The summed E-state index contributed by atoms with van der Waals surface area (Å²) in [7, 11) is -4.03. The number of carbonyl (C=O) groups is 2. The van der Waals surface area contributed by atoms with E-state index in [4.69, 9.17) is 21.4 Å². The van der Waals surface area contributed by atoms with Crippen molar-refractivity contribution in [1.29, 1.82) is 0 Å². The average Bonchev–Trinajstić information content (AvgIpc) is 2.78. The van der Waals surface area contributed by atoms with Gasteiger partial charge < -0.3 is 15.2 Å². The summed E-state index contributed by atoms with van der Waals surface area (Å²) in [6.45, 7) is -0.299. The van der Waals surface area contributed by atoms with E-state index in [1.54, 1.807) is 60.7 Å². The Morgan fingerprint density at radius 1 is 1.03 bits per heavy atom. The number of aliphatic carboxylic acids is 1. The van der Waals surface area contributed by atoms with Gasteiger partial charge in [0, 0.05) is 14.3 Å². The van der Waals surface area contributed by atoms with Gasteiger partial charge in [0.1, 0.15) is 18.4 Å². The lowest BCUT2D eigenvalue weighted by Gasteiger charge is -2.19. The van der Waals surface area contributed by atoms with Gasteiger partial charge in [0.2, 0.25) is 15.9 Å². The number of ether oxygens (including phenoxy) is 1. The van der Waals surface area contributed by atoms with E-state index < -0.39 is 27.9 Å². The largest absolute Gasteiger partial charge is 0.491 e. The molecule has 34 heavy (non-hydrogen) atoms. The molecule has 1 atom stereocenters. The molecule has 1 amide bonds. The Morgan fingerprint density at radius 2 is 1.71 bits per heavy atom. The third-order valence-electron chi connectivity index (χ3n) is 4.53. The van der Waals surface area contributed by atoms with Gasteiger partial charge in [-0.05, 0) is 82.8 Å². The third kappa shape index (κ3) is 7.69. The summed E-state index contributed by atoms with van der Waals surface area (Å²) in [5.41, 5.74) is 0.936. The summed E-state index contributed by atoms with van der Waals surface area (Å²) >= 11 is 8.03. The molecule has 3 aromatic rings. The van der Waals surface area contributed by atoms with Crippen molar-refractivity contribution in [3.63, 3.8) is 0 Å². The molecule has 0 aliphatic rings. The van der Waals surface area contributed by atoms with Gasteiger partial charge in [0.05, 0.1) is 11.3 Å². The van der Waals surface area contributed by atoms with Crippen molar-refractivity contribution in [3.05, 3.63) is 87.0 Å². The number of halogens is 2. The molecule has 3 rings (SSSR count). The lowest BCUT2D eigenvalue weighted by atomic mass is 10.1. The van der Waals surface area contributed by atoms with Crippen molar-refractivity contribution >= 4 is 61.8 Å². The standard InChI is InChI=1S/C23H20ClIN2O6S/c24-16-2-1-3-19(13-16)33-14-21(27-34(31,32)20-10-6-17(25)7-11-20)23(30)26-18-8-4-15(5-9-18)12-22(28)29/h1-11,13,21,27H,12,14H2,(H,26,30)(H,28,29)/t21-/m0/s1. The van der Waals surface area contributed by atoms with E-state index >= 15 is 0 Å². The maximum atomic E-state index is 13.0. The van der Waals surface area contributed by atoms with E-state index in [1.807, 2.05) is 0 Å². The Bertz CT molecular complexity index is 1270. The highest BCUT2D eigenvalue weighted by atomic mass is 127. The van der Waals surface area contributed by atoms with Crippen molar-refractivity contribution in [2.75, 3.05) is 11.9 Å². The number of carboxylic acids is 1. The minimum absolute atomic E-state index is 0.00601. The number of anilines is 1. The predicted molar refractivity (Wildman–Crippen MR) is 137 cm³/mol. The SMILES string of the molecule is O=C(O)Cc1ccc(NC(=O)[C@H](COc2cccc(Cl)c2)NS(=O)(=O)c2ccc(I)cc2)cc1. The van der Waals surface area contributed by atoms with Gasteiger partial charge in [-0.25, -0.2) is 8.42 Å². The van der Waals surface area contributed by atoms with Crippen LogP contribution in [0, 0.1) is 3.57 Å². The molecule has 3 N–H and O–H groups in total. The zero-order valence-corrected chi connectivity index (χ0v) is 21.3. The molecule has 8 nitrogen and oxygen atoms in total. The minimum atomic E-state index is -4.03. The minimum Gasteiger partial charge on any atom is -0.491 e. The normalized spacial score (nSPS) is 12.1. The van der Waals surface area contributed by atoms with Gasteiger partial charge in [0.15, 0.2) is 0 Å². The third-order valence-corrected chi connectivity index (χ3v) is 6.97. The van der Waals surface area contributed by atoms with Gasteiger partial charge in [0.25, 0.3) is 0 Å². The predicted octanol–water partition coefficient (Wildman–Crippen LogP) is 3.94. The average molecular weight is 615 g/mol. The monoisotopic (exact) mass is 614 g/mol. The van der Waals surface area contributed by atoms with Crippen LogP contribution in [0.1, 0.15) is 5.56 Å². The van der Waals surface area contributed by atoms with E-state index in [-0.39, 0.29) is 17.9 Å². The molecular weight excluding hydrogens is 595 g/mol. The van der Waals surface area contributed by atoms with Crippen LogP contribution in [0.4, 0.5) is 5.69 Å². The van der Waals surface area contributed by atoms with Crippen LogP contribution < -0.4 is 14.8 Å². The van der Waals surface area contributed by atoms with Crippen molar-refractivity contribution < 1.29 is 27.9 Å². The second-order valence-electron chi connectivity index (χ2n) is 7.15. The number of benzene rings is 3. The first-order chi connectivity index (χ1) is 16.1. The first kappa shape index (κ1) is 25.9. The molecule has 11 heteroatoms. The summed E-state index contributed by atoms with van der Waals surface area (Å²) in [6, 6.07) is 17.6. The summed E-state index contributed by atoms with van der Waals surface area (Å²) in [5, 5.41) is 11.9. The Balaban J connectivity index is 1.78. The summed E-state index contributed by atoms with van der Waals surface area (Å²) in [6.07, 6.45) is -0.153. The van der Waals surface area contributed by atoms with Crippen LogP contribution in [-0.2, 0) is 26.0 Å². The van der Waals surface area contributed by atoms with E-state index in [0.29, 0.717) is 22.0 Å². The van der Waals surface area contributed by atoms with Crippen LogP contribution in [-0.4, -0.2) is 38.0 Å². The number of amides is 1. The molecule has 0 spiro atoms. The molecule has 3 aromatic carbocycles. The van der Waals surface area contributed by atoms with E-state index in [0.717, 1.165) is 3.57 Å². The molecule has 0 aromatic heterocycles. The van der Waals surface area contributed by atoms with Gasteiger partial charge in [-0.2, -0.15) is 4.72 Å². The summed E-state index contributed by atoms with van der Waals surface area (Å²) in [5.74, 6) is -1.25. The van der Waals surface area contributed by atoms with Crippen LogP contribution in [0.3, 0.4) is 0 Å². The zero-order chi connectivity index (χ0) is 24.7. The molecule has 0 fully saturated rings. The summed E-state index contributed by atoms with van der Waals surface area (Å²) < 4.78 is 34.7. The number of hydrogen-bond donors (Lipinski definition) is 3. The molecule has 0 heterocycles.